The van der Waals surface area contributed by atoms with Crippen molar-refractivity contribution in [2.45, 2.75) is 39.8 Å². The van der Waals surface area contributed by atoms with E-state index in [1.54, 1.807) is 11.3 Å². The molecule has 1 atom stereocenters. The average molecular weight is 198 g/mol. The maximum atomic E-state index is 4.24. The molecule has 1 aromatic rings. The number of aromatic nitrogens is 1. The highest BCUT2D eigenvalue weighted by Crippen LogP contribution is 2.08. The monoisotopic (exact) mass is 198 g/mol. The zero-order chi connectivity index (χ0) is 9.68. The molecule has 1 N–H and O–H groups in total. The molecule has 0 fully saturated rings. The molecule has 0 amide bonds. The summed E-state index contributed by atoms with van der Waals surface area (Å²) in [5, 5.41) is 6.72. The Hall–Kier alpha value is -0.410. The van der Waals surface area contributed by atoms with Crippen LogP contribution in [0.1, 0.15) is 32.2 Å². The van der Waals surface area contributed by atoms with Gasteiger partial charge in [0.25, 0.3) is 0 Å². The van der Waals surface area contributed by atoms with Crippen molar-refractivity contribution >= 4 is 11.3 Å². The molecular weight excluding hydrogens is 180 g/mol. The van der Waals surface area contributed by atoms with Crippen molar-refractivity contribution in [3.8, 4) is 0 Å². The molecule has 0 spiro atoms. The summed E-state index contributed by atoms with van der Waals surface area (Å²) in [5.41, 5.74) is 0. The van der Waals surface area contributed by atoms with E-state index in [-0.39, 0.29) is 0 Å². The molecule has 2 nitrogen and oxygen atoms in total. The Morgan fingerprint density at radius 3 is 2.77 bits per heavy atom. The van der Waals surface area contributed by atoms with Crippen molar-refractivity contribution in [2.24, 2.45) is 5.92 Å². The lowest BCUT2D eigenvalue weighted by Crippen LogP contribution is -2.32. The molecule has 0 aliphatic carbocycles. The van der Waals surface area contributed by atoms with Gasteiger partial charge in [-0.05, 0) is 12.3 Å². The van der Waals surface area contributed by atoms with Crippen LogP contribution in [0.5, 0.6) is 0 Å². The molecule has 0 bridgehead atoms. The normalized spacial score (nSPS) is 13.5. The topological polar surface area (TPSA) is 24.9 Å². The molecule has 0 aliphatic rings. The summed E-state index contributed by atoms with van der Waals surface area (Å²) in [6, 6.07) is 0.615. The molecule has 74 valence electrons. The Bertz CT molecular complexity index is 219. The first-order valence-corrected chi connectivity index (χ1v) is 5.73. The van der Waals surface area contributed by atoms with Crippen LogP contribution >= 0.6 is 11.3 Å². The van der Waals surface area contributed by atoms with Gasteiger partial charge in [-0.15, -0.1) is 11.3 Å². The van der Waals surface area contributed by atoms with Crippen LogP contribution in [0.15, 0.2) is 11.6 Å². The molecular formula is C10H18N2S. The van der Waals surface area contributed by atoms with Crippen molar-refractivity contribution in [2.75, 3.05) is 0 Å². The molecule has 3 heteroatoms. The third-order valence-corrected chi connectivity index (χ3v) is 3.02. The highest BCUT2D eigenvalue weighted by atomic mass is 32.1. The number of nitrogens with zero attached hydrogens (tertiary/aromatic N) is 1. The summed E-state index contributed by atoms with van der Waals surface area (Å²) in [4.78, 5) is 4.24. The number of thiazole rings is 1. The second-order valence-corrected chi connectivity index (χ2v) is 4.54. The Labute approximate surface area is 84.4 Å². The highest BCUT2D eigenvalue weighted by Gasteiger charge is 2.09. The van der Waals surface area contributed by atoms with E-state index in [2.05, 4.69) is 31.1 Å². The van der Waals surface area contributed by atoms with Crippen LogP contribution in [0.25, 0.3) is 0 Å². The maximum absolute atomic E-state index is 4.24. The van der Waals surface area contributed by atoms with Gasteiger partial charge in [0.15, 0.2) is 0 Å². The second kappa shape index (κ2) is 5.35. The van der Waals surface area contributed by atoms with Gasteiger partial charge in [0.05, 0.1) is 0 Å². The van der Waals surface area contributed by atoms with E-state index < -0.39 is 0 Å². The molecule has 0 aliphatic heterocycles. The van der Waals surface area contributed by atoms with Crippen molar-refractivity contribution in [1.82, 2.24) is 10.3 Å². The fraction of sp³-hybridized carbons (Fsp3) is 0.700. The van der Waals surface area contributed by atoms with Gasteiger partial charge < -0.3 is 5.32 Å². The van der Waals surface area contributed by atoms with Crippen molar-refractivity contribution in [3.63, 3.8) is 0 Å². The van der Waals surface area contributed by atoms with Gasteiger partial charge in [0.2, 0.25) is 0 Å². The fourth-order valence-corrected chi connectivity index (χ4v) is 1.98. The first-order valence-electron chi connectivity index (χ1n) is 4.85. The third-order valence-electron chi connectivity index (χ3n) is 2.24. The lowest BCUT2D eigenvalue weighted by atomic mass is 10.0. The van der Waals surface area contributed by atoms with E-state index in [9.17, 15) is 0 Å². The average Bonchev–Trinajstić information content (AvgIpc) is 2.57. The lowest BCUT2D eigenvalue weighted by Gasteiger charge is -2.19. The van der Waals surface area contributed by atoms with Crippen LogP contribution in [0.3, 0.4) is 0 Å². The number of hydrogen-bond acceptors (Lipinski definition) is 3. The van der Waals surface area contributed by atoms with E-state index in [0.717, 1.165) is 6.54 Å². The summed E-state index contributed by atoms with van der Waals surface area (Å²) in [5.74, 6) is 0.699. The quantitative estimate of drug-likeness (QED) is 0.787. The number of rotatable bonds is 5. The van der Waals surface area contributed by atoms with Crippen LogP contribution in [0, 0.1) is 5.92 Å². The minimum atomic E-state index is 0.615. The Balaban J connectivity index is 2.32. The van der Waals surface area contributed by atoms with Gasteiger partial charge in [-0.2, -0.15) is 0 Å². The molecule has 0 radical (unpaired) electrons. The van der Waals surface area contributed by atoms with Gasteiger partial charge >= 0.3 is 0 Å². The van der Waals surface area contributed by atoms with E-state index >= 15 is 0 Å². The minimum absolute atomic E-state index is 0.615. The zero-order valence-electron chi connectivity index (χ0n) is 8.58. The number of hydrogen-bond donors (Lipinski definition) is 1. The first kappa shape index (κ1) is 10.7. The standard InChI is InChI=1S/C10H18N2S/c1-4-9(8(2)3)12-7-10-11-5-6-13-10/h5-6,8-9,12H,4,7H2,1-3H3. The molecule has 0 saturated heterocycles. The summed E-state index contributed by atoms with van der Waals surface area (Å²) < 4.78 is 0. The van der Waals surface area contributed by atoms with Crippen molar-refractivity contribution in [3.05, 3.63) is 16.6 Å². The summed E-state index contributed by atoms with van der Waals surface area (Å²) in [6.07, 6.45) is 3.04. The van der Waals surface area contributed by atoms with E-state index in [0.29, 0.717) is 12.0 Å². The van der Waals surface area contributed by atoms with Gasteiger partial charge in [0.1, 0.15) is 5.01 Å². The lowest BCUT2D eigenvalue weighted by molar-refractivity contribution is 0.387. The number of nitrogens with one attached hydrogen (secondary N) is 1. The smallest absolute Gasteiger partial charge is 0.106 e. The van der Waals surface area contributed by atoms with Crippen LogP contribution in [0.2, 0.25) is 0 Å². The predicted molar refractivity (Wildman–Crippen MR) is 57.9 cm³/mol. The molecule has 0 saturated carbocycles. The largest absolute Gasteiger partial charge is 0.307 e. The van der Waals surface area contributed by atoms with E-state index in [4.69, 9.17) is 0 Å². The van der Waals surface area contributed by atoms with Crippen LogP contribution in [-0.2, 0) is 6.54 Å². The molecule has 1 aromatic heterocycles. The summed E-state index contributed by atoms with van der Waals surface area (Å²) in [6.45, 7) is 7.64. The summed E-state index contributed by atoms with van der Waals surface area (Å²) in [7, 11) is 0. The predicted octanol–water partition coefficient (Wildman–Crippen LogP) is 2.67. The van der Waals surface area contributed by atoms with Gasteiger partial charge in [-0.25, -0.2) is 4.98 Å². The zero-order valence-corrected chi connectivity index (χ0v) is 9.40. The molecule has 1 unspecified atom stereocenters. The summed E-state index contributed by atoms with van der Waals surface area (Å²) >= 11 is 1.71. The highest BCUT2D eigenvalue weighted by molar-refractivity contribution is 7.09. The molecule has 1 rings (SSSR count). The Morgan fingerprint density at radius 2 is 2.31 bits per heavy atom. The van der Waals surface area contributed by atoms with Gasteiger partial charge in [-0.1, -0.05) is 20.8 Å². The molecule has 1 heterocycles. The fourth-order valence-electron chi connectivity index (χ4n) is 1.41. The Kier molecular flexibility index (Phi) is 4.39. The molecule has 0 aromatic carbocycles. The second-order valence-electron chi connectivity index (χ2n) is 3.57. The molecule has 13 heavy (non-hydrogen) atoms. The third kappa shape index (κ3) is 3.44. The maximum Gasteiger partial charge on any atom is 0.106 e. The van der Waals surface area contributed by atoms with Crippen LogP contribution in [-0.4, -0.2) is 11.0 Å². The minimum Gasteiger partial charge on any atom is -0.307 e. The van der Waals surface area contributed by atoms with Gasteiger partial charge in [-0.3, -0.25) is 0 Å². The van der Waals surface area contributed by atoms with E-state index in [1.807, 2.05) is 11.6 Å². The van der Waals surface area contributed by atoms with Crippen LogP contribution in [0.4, 0.5) is 0 Å². The van der Waals surface area contributed by atoms with Gasteiger partial charge in [0, 0.05) is 24.2 Å². The van der Waals surface area contributed by atoms with Crippen LogP contribution < -0.4 is 5.32 Å². The van der Waals surface area contributed by atoms with Crippen molar-refractivity contribution < 1.29 is 0 Å². The van der Waals surface area contributed by atoms with E-state index in [1.165, 1.54) is 11.4 Å². The first-order chi connectivity index (χ1) is 6.24. The SMILES string of the molecule is CCC(NCc1nccs1)C(C)C. The van der Waals surface area contributed by atoms with Crippen molar-refractivity contribution in [1.29, 1.82) is 0 Å². The Morgan fingerprint density at radius 1 is 1.54 bits per heavy atom.